The van der Waals surface area contributed by atoms with Crippen molar-refractivity contribution < 1.29 is 9.21 Å². The maximum atomic E-state index is 11.9. The lowest BCUT2D eigenvalue weighted by Gasteiger charge is -2.10. The highest BCUT2D eigenvalue weighted by Crippen LogP contribution is 2.20. The van der Waals surface area contributed by atoms with E-state index in [0.29, 0.717) is 5.69 Å². The Kier molecular flexibility index (Phi) is 2.73. The van der Waals surface area contributed by atoms with Crippen LogP contribution in [0.5, 0.6) is 0 Å². The third-order valence-corrected chi connectivity index (χ3v) is 2.49. The minimum absolute atomic E-state index is 0.0525. The van der Waals surface area contributed by atoms with Gasteiger partial charge in [0.2, 0.25) is 0 Å². The summed E-state index contributed by atoms with van der Waals surface area (Å²) in [5, 5.41) is 2.88. The smallest absolute Gasteiger partial charge is 0.268 e. The van der Waals surface area contributed by atoms with E-state index in [9.17, 15) is 4.79 Å². The van der Waals surface area contributed by atoms with Crippen LogP contribution in [0.2, 0.25) is 0 Å². The number of carbonyl (C=O) groups is 1. The van der Waals surface area contributed by atoms with Crippen LogP contribution in [-0.4, -0.2) is 16.5 Å². The molecule has 0 fully saturated rings. The number of furan rings is 1. The number of aromatic nitrogens is 1. The minimum Gasteiger partial charge on any atom is -0.463 e. The lowest BCUT2D eigenvalue weighted by Crippen LogP contribution is -2.31. The van der Waals surface area contributed by atoms with Crippen molar-refractivity contribution in [1.82, 2.24) is 9.88 Å². The molecule has 2 rings (SSSR count). The Morgan fingerprint density at radius 3 is 2.94 bits per heavy atom. The van der Waals surface area contributed by atoms with Crippen molar-refractivity contribution in [3.63, 3.8) is 0 Å². The Hall–Kier alpha value is -1.71. The SMILES string of the molecule is CCn1c(C(=O)NC(C)C)cc2occc21. The molecule has 0 unspecified atom stereocenters. The molecular weight excluding hydrogens is 204 g/mol. The summed E-state index contributed by atoms with van der Waals surface area (Å²) in [6, 6.07) is 3.81. The summed E-state index contributed by atoms with van der Waals surface area (Å²) in [7, 11) is 0. The molecule has 0 aromatic carbocycles. The van der Waals surface area contributed by atoms with E-state index >= 15 is 0 Å². The van der Waals surface area contributed by atoms with Crippen molar-refractivity contribution in [2.24, 2.45) is 0 Å². The van der Waals surface area contributed by atoms with Gasteiger partial charge in [0.25, 0.3) is 5.91 Å². The molecule has 0 saturated carbocycles. The highest BCUT2D eigenvalue weighted by Gasteiger charge is 2.16. The van der Waals surface area contributed by atoms with Crippen LogP contribution in [0.25, 0.3) is 11.1 Å². The second-order valence-corrected chi connectivity index (χ2v) is 4.07. The van der Waals surface area contributed by atoms with Crippen molar-refractivity contribution in [3.8, 4) is 0 Å². The van der Waals surface area contributed by atoms with Gasteiger partial charge in [-0.15, -0.1) is 0 Å². The van der Waals surface area contributed by atoms with Crippen LogP contribution in [0, 0.1) is 0 Å². The molecular formula is C12H16N2O2. The summed E-state index contributed by atoms with van der Waals surface area (Å²) >= 11 is 0. The van der Waals surface area contributed by atoms with Gasteiger partial charge in [-0.3, -0.25) is 4.79 Å². The summed E-state index contributed by atoms with van der Waals surface area (Å²) in [5.41, 5.74) is 2.39. The predicted molar refractivity (Wildman–Crippen MR) is 62.5 cm³/mol. The van der Waals surface area contributed by atoms with Crippen molar-refractivity contribution in [2.75, 3.05) is 0 Å². The molecule has 0 bridgehead atoms. The highest BCUT2D eigenvalue weighted by atomic mass is 16.3. The second-order valence-electron chi connectivity index (χ2n) is 4.07. The Labute approximate surface area is 94.2 Å². The fourth-order valence-corrected chi connectivity index (χ4v) is 1.84. The number of fused-ring (bicyclic) bond motifs is 1. The molecule has 1 amide bonds. The normalized spacial score (nSPS) is 11.2. The van der Waals surface area contributed by atoms with Gasteiger partial charge in [0.1, 0.15) is 5.69 Å². The lowest BCUT2D eigenvalue weighted by molar-refractivity contribution is 0.0934. The number of hydrogen-bond acceptors (Lipinski definition) is 2. The molecule has 2 aromatic rings. The van der Waals surface area contributed by atoms with Gasteiger partial charge >= 0.3 is 0 Å². The van der Waals surface area contributed by atoms with Gasteiger partial charge in [0.15, 0.2) is 5.58 Å². The van der Waals surface area contributed by atoms with Gasteiger partial charge in [-0.05, 0) is 20.8 Å². The molecule has 86 valence electrons. The number of aryl methyl sites for hydroxylation is 1. The highest BCUT2D eigenvalue weighted by molar-refractivity contribution is 5.97. The number of carbonyl (C=O) groups excluding carboxylic acids is 1. The van der Waals surface area contributed by atoms with Crippen LogP contribution in [0.4, 0.5) is 0 Å². The first kappa shape index (κ1) is 10.8. The molecule has 2 heterocycles. The first-order valence-corrected chi connectivity index (χ1v) is 5.51. The van der Waals surface area contributed by atoms with Crippen LogP contribution in [0.3, 0.4) is 0 Å². The zero-order valence-electron chi connectivity index (χ0n) is 9.78. The molecule has 4 heteroatoms. The van der Waals surface area contributed by atoms with Gasteiger partial charge in [-0.25, -0.2) is 0 Å². The summed E-state index contributed by atoms with van der Waals surface area (Å²) in [6.07, 6.45) is 1.64. The Morgan fingerprint density at radius 1 is 1.56 bits per heavy atom. The quantitative estimate of drug-likeness (QED) is 0.863. The Morgan fingerprint density at radius 2 is 2.31 bits per heavy atom. The first-order valence-electron chi connectivity index (χ1n) is 5.51. The van der Waals surface area contributed by atoms with E-state index in [-0.39, 0.29) is 11.9 Å². The van der Waals surface area contributed by atoms with Crippen LogP contribution < -0.4 is 5.32 Å². The van der Waals surface area contributed by atoms with Gasteiger partial charge in [-0.2, -0.15) is 0 Å². The van der Waals surface area contributed by atoms with Gasteiger partial charge in [0, 0.05) is 24.7 Å². The van der Waals surface area contributed by atoms with Crippen LogP contribution in [-0.2, 0) is 6.54 Å². The maximum Gasteiger partial charge on any atom is 0.268 e. The van der Waals surface area contributed by atoms with E-state index in [4.69, 9.17) is 4.42 Å². The molecule has 4 nitrogen and oxygen atoms in total. The zero-order valence-corrected chi connectivity index (χ0v) is 9.78. The maximum absolute atomic E-state index is 11.9. The van der Waals surface area contributed by atoms with Crippen molar-refractivity contribution >= 4 is 17.0 Å². The molecule has 0 aliphatic heterocycles. The van der Waals surface area contributed by atoms with Crippen LogP contribution in [0.15, 0.2) is 22.8 Å². The van der Waals surface area contributed by atoms with Crippen LogP contribution >= 0.6 is 0 Å². The number of hydrogen-bond donors (Lipinski definition) is 1. The summed E-state index contributed by atoms with van der Waals surface area (Å²) in [5.74, 6) is -0.0525. The summed E-state index contributed by atoms with van der Waals surface area (Å²) in [4.78, 5) is 11.9. The molecule has 0 aliphatic rings. The number of nitrogens with zero attached hydrogens (tertiary/aromatic N) is 1. The molecule has 0 atom stereocenters. The Bertz CT molecular complexity index is 508. The first-order chi connectivity index (χ1) is 7.63. The fraction of sp³-hybridized carbons (Fsp3) is 0.417. The van der Waals surface area contributed by atoms with E-state index in [1.54, 1.807) is 12.3 Å². The molecule has 0 saturated heterocycles. The lowest BCUT2D eigenvalue weighted by atomic mass is 10.3. The summed E-state index contributed by atoms with van der Waals surface area (Å²) in [6.45, 7) is 6.66. The Balaban J connectivity index is 2.43. The van der Waals surface area contributed by atoms with Crippen LogP contribution in [0.1, 0.15) is 31.3 Å². The standard InChI is InChI=1S/C12H16N2O2/c1-4-14-9-5-6-16-11(9)7-10(14)12(15)13-8(2)3/h5-8H,4H2,1-3H3,(H,13,15). The van der Waals surface area contributed by atoms with Crippen molar-refractivity contribution in [3.05, 3.63) is 24.1 Å². The molecule has 0 aliphatic carbocycles. The second kappa shape index (κ2) is 4.04. The molecule has 1 N–H and O–H groups in total. The third-order valence-electron chi connectivity index (χ3n) is 2.49. The fourth-order valence-electron chi connectivity index (χ4n) is 1.84. The predicted octanol–water partition coefficient (Wildman–Crippen LogP) is 2.39. The largest absolute Gasteiger partial charge is 0.463 e. The molecule has 0 spiro atoms. The molecule has 0 radical (unpaired) electrons. The number of nitrogens with one attached hydrogen (secondary N) is 1. The number of rotatable bonds is 3. The molecule has 16 heavy (non-hydrogen) atoms. The molecule has 2 aromatic heterocycles. The van der Waals surface area contributed by atoms with Gasteiger partial charge < -0.3 is 14.3 Å². The van der Waals surface area contributed by atoms with Gasteiger partial charge in [0.05, 0.1) is 11.8 Å². The minimum atomic E-state index is -0.0525. The average Bonchev–Trinajstić information content (AvgIpc) is 2.74. The van der Waals surface area contributed by atoms with Crippen molar-refractivity contribution in [1.29, 1.82) is 0 Å². The van der Waals surface area contributed by atoms with E-state index in [1.807, 2.05) is 31.4 Å². The monoisotopic (exact) mass is 220 g/mol. The summed E-state index contributed by atoms with van der Waals surface area (Å²) < 4.78 is 7.25. The topological polar surface area (TPSA) is 47.2 Å². The van der Waals surface area contributed by atoms with Gasteiger partial charge in [-0.1, -0.05) is 0 Å². The average molecular weight is 220 g/mol. The van der Waals surface area contributed by atoms with E-state index in [1.165, 1.54) is 0 Å². The van der Waals surface area contributed by atoms with E-state index in [0.717, 1.165) is 17.6 Å². The van der Waals surface area contributed by atoms with Crippen molar-refractivity contribution in [2.45, 2.75) is 33.4 Å². The third kappa shape index (κ3) is 1.71. The number of amides is 1. The van der Waals surface area contributed by atoms with E-state index in [2.05, 4.69) is 5.32 Å². The van der Waals surface area contributed by atoms with E-state index < -0.39 is 0 Å². The zero-order chi connectivity index (χ0) is 11.7.